The first-order valence-electron chi connectivity index (χ1n) is 6.47. The van der Waals surface area contributed by atoms with Gasteiger partial charge in [0.25, 0.3) is 5.91 Å². The van der Waals surface area contributed by atoms with Crippen LogP contribution in [0.5, 0.6) is 0 Å². The molecular weight excluding hydrogens is 339 g/mol. The Morgan fingerprint density at radius 2 is 2.00 bits per heavy atom. The number of carbonyl (C=O) groups is 1. The monoisotopic (exact) mass is 348 g/mol. The lowest BCUT2D eigenvalue weighted by molar-refractivity contribution is 0.102. The molecule has 0 aliphatic carbocycles. The van der Waals surface area contributed by atoms with Gasteiger partial charge in [-0.15, -0.1) is 11.3 Å². The van der Waals surface area contributed by atoms with Gasteiger partial charge in [-0.25, -0.2) is 14.4 Å². The molecule has 8 heteroatoms. The summed E-state index contributed by atoms with van der Waals surface area (Å²) in [7, 11) is 0. The van der Waals surface area contributed by atoms with Gasteiger partial charge in [0, 0.05) is 11.1 Å². The van der Waals surface area contributed by atoms with Gasteiger partial charge in [-0.2, -0.15) is 0 Å². The lowest BCUT2D eigenvalue weighted by Crippen LogP contribution is -2.12. The van der Waals surface area contributed by atoms with Gasteiger partial charge in [0.2, 0.25) is 0 Å². The summed E-state index contributed by atoms with van der Waals surface area (Å²) in [5.74, 6) is -0.559. The Balaban J connectivity index is 1.88. The standard InChI is InChI=1S/C15H10ClFN4OS/c16-11-5-9(6-12(18)20-11)14(22)21-15-13(19-7-23-15)8-1-3-10(17)4-2-8/h1-7H,(H2,18,20)(H,21,22). The number of nitrogens with two attached hydrogens (primary N) is 1. The van der Waals surface area contributed by atoms with Crippen LogP contribution in [-0.2, 0) is 0 Å². The Kier molecular flexibility index (Phi) is 4.22. The highest BCUT2D eigenvalue weighted by atomic mass is 35.5. The normalized spacial score (nSPS) is 10.5. The molecule has 0 saturated heterocycles. The maximum Gasteiger partial charge on any atom is 0.256 e. The average molecular weight is 349 g/mol. The molecule has 0 atom stereocenters. The van der Waals surface area contributed by atoms with Crippen LogP contribution in [0.4, 0.5) is 15.2 Å². The molecule has 0 aliphatic rings. The maximum absolute atomic E-state index is 13.0. The van der Waals surface area contributed by atoms with Crippen molar-refractivity contribution in [2.75, 3.05) is 11.1 Å². The number of anilines is 2. The molecule has 3 rings (SSSR count). The zero-order valence-electron chi connectivity index (χ0n) is 11.6. The van der Waals surface area contributed by atoms with Gasteiger partial charge in [0.05, 0.1) is 5.51 Å². The summed E-state index contributed by atoms with van der Waals surface area (Å²) in [5.41, 5.74) is 8.75. The number of aromatic nitrogens is 2. The van der Waals surface area contributed by atoms with Crippen molar-refractivity contribution in [2.24, 2.45) is 0 Å². The summed E-state index contributed by atoms with van der Waals surface area (Å²) in [6.45, 7) is 0. The Morgan fingerprint density at radius 3 is 2.70 bits per heavy atom. The Bertz CT molecular complexity index is 846. The fourth-order valence-electron chi connectivity index (χ4n) is 1.97. The third-order valence-electron chi connectivity index (χ3n) is 2.99. The fraction of sp³-hybridized carbons (Fsp3) is 0. The van der Waals surface area contributed by atoms with E-state index >= 15 is 0 Å². The van der Waals surface area contributed by atoms with E-state index in [0.717, 1.165) is 0 Å². The number of benzene rings is 1. The zero-order chi connectivity index (χ0) is 16.4. The second-order valence-electron chi connectivity index (χ2n) is 4.59. The molecule has 0 radical (unpaired) electrons. The zero-order valence-corrected chi connectivity index (χ0v) is 13.2. The summed E-state index contributed by atoms with van der Waals surface area (Å²) in [6.07, 6.45) is 0. The van der Waals surface area contributed by atoms with Crippen molar-refractivity contribution in [2.45, 2.75) is 0 Å². The van der Waals surface area contributed by atoms with Crippen LogP contribution in [0, 0.1) is 5.82 Å². The van der Waals surface area contributed by atoms with E-state index in [2.05, 4.69) is 15.3 Å². The molecule has 1 amide bonds. The topological polar surface area (TPSA) is 80.9 Å². The highest BCUT2D eigenvalue weighted by Crippen LogP contribution is 2.31. The van der Waals surface area contributed by atoms with E-state index in [0.29, 0.717) is 21.8 Å². The fourth-order valence-corrected chi connectivity index (χ4v) is 2.88. The molecule has 2 heterocycles. The van der Waals surface area contributed by atoms with E-state index in [1.54, 1.807) is 17.6 Å². The number of halogens is 2. The minimum absolute atomic E-state index is 0.137. The Morgan fingerprint density at radius 1 is 1.26 bits per heavy atom. The van der Waals surface area contributed by atoms with Crippen molar-refractivity contribution in [3.8, 4) is 11.3 Å². The first kappa shape index (κ1) is 15.4. The number of hydrogen-bond acceptors (Lipinski definition) is 5. The van der Waals surface area contributed by atoms with Gasteiger partial charge >= 0.3 is 0 Å². The second kappa shape index (κ2) is 6.31. The van der Waals surface area contributed by atoms with Gasteiger partial charge < -0.3 is 11.1 Å². The number of amides is 1. The largest absolute Gasteiger partial charge is 0.384 e. The lowest BCUT2D eigenvalue weighted by atomic mass is 10.1. The summed E-state index contributed by atoms with van der Waals surface area (Å²) < 4.78 is 13.0. The minimum atomic E-state index is -0.381. The van der Waals surface area contributed by atoms with Gasteiger partial charge in [0.15, 0.2) is 0 Å². The second-order valence-corrected chi connectivity index (χ2v) is 5.84. The highest BCUT2D eigenvalue weighted by molar-refractivity contribution is 7.14. The molecule has 3 aromatic rings. The molecule has 0 fully saturated rings. The quantitative estimate of drug-likeness (QED) is 0.705. The SMILES string of the molecule is Nc1cc(C(=O)Nc2scnc2-c2ccc(F)cc2)cc(Cl)n1. The van der Waals surface area contributed by atoms with E-state index in [9.17, 15) is 9.18 Å². The van der Waals surface area contributed by atoms with E-state index in [-0.39, 0.29) is 22.7 Å². The van der Waals surface area contributed by atoms with E-state index in [1.165, 1.54) is 35.6 Å². The highest BCUT2D eigenvalue weighted by Gasteiger charge is 2.14. The average Bonchev–Trinajstić information content (AvgIpc) is 2.95. The van der Waals surface area contributed by atoms with E-state index in [1.807, 2.05) is 0 Å². The summed E-state index contributed by atoms with van der Waals surface area (Å²) in [4.78, 5) is 20.3. The van der Waals surface area contributed by atoms with Crippen molar-refractivity contribution < 1.29 is 9.18 Å². The smallest absolute Gasteiger partial charge is 0.256 e. The maximum atomic E-state index is 13.0. The molecule has 0 bridgehead atoms. The summed E-state index contributed by atoms with van der Waals surface area (Å²) in [5, 5.41) is 3.44. The number of pyridine rings is 1. The lowest BCUT2D eigenvalue weighted by Gasteiger charge is -2.06. The van der Waals surface area contributed by atoms with Crippen molar-refractivity contribution in [3.63, 3.8) is 0 Å². The van der Waals surface area contributed by atoms with Gasteiger partial charge in [0.1, 0.15) is 27.5 Å². The van der Waals surface area contributed by atoms with Crippen molar-refractivity contribution in [1.82, 2.24) is 9.97 Å². The van der Waals surface area contributed by atoms with Crippen LogP contribution in [-0.4, -0.2) is 15.9 Å². The van der Waals surface area contributed by atoms with Crippen molar-refractivity contribution >= 4 is 39.7 Å². The van der Waals surface area contributed by atoms with Crippen molar-refractivity contribution in [1.29, 1.82) is 0 Å². The summed E-state index contributed by atoms with van der Waals surface area (Å²) >= 11 is 7.06. The molecule has 0 aliphatic heterocycles. The minimum Gasteiger partial charge on any atom is -0.384 e. The number of hydrogen-bond donors (Lipinski definition) is 2. The molecule has 2 aromatic heterocycles. The number of rotatable bonds is 3. The molecule has 1 aromatic carbocycles. The van der Waals surface area contributed by atoms with Crippen LogP contribution in [0.15, 0.2) is 41.9 Å². The van der Waals surface area contributed by atoms with E-state index < -0.39 is 0 Å². The third-order valence-corrected chi connectivity index (χ3v) is 3.92. The molecule has 5 nitrogen and oxygen atoms in total. The molecule has 116 valence electrons. The molecular formula is C15H10ClFN4OS. The van der Waals surface area contributed by atoms with Crippen LogP contribution in [0.1, 0.15) is 10.4 Å². The number of nitrogens with zero attached hydrogens (tertiary/aromatic N) is 2. The molecule has 0 spiro atoms. The number of nitrogens with one attached hydrogen (secondary N) is 1. The van der Waals surface area contributed by atoms with Crippen LogP contribution >= 0.6 is 22.9 Å². The van der Waals surface area contributed by atoms with Crippen LogP contribution < -0.4 is 11.1 Å². The van der Waals surface area contributed by atoms with Gasteiger partial charge in [-0.05, 0) is 36.4 Å². The molecule has 3 N–H and O–H groups in total. The molecule has 0 saturated carbocycles. The van der Waals surface area contributed by atoms with Crippen LogP contribution in [0.3, 0.4) is 0 Å². The first-order chi connectivity index (χ1) is 11.0. The predicted molar refractivity (Wildman–Crippen MR) is 89.1 cm³/mol. The first-order valence-corrected chi connectivity index (χ1v) is 7.72. The number of nitrogen functional groups attached to an aromatic ring is 1. The summed E-state index contributed by atoms with van der Waals surface area (Å²) in [6, 6.07) is 8.72. The van der Waals surface area contributed by atoms with Gasteiger partial charge in [-0.1, -0.05) is 11.6 Å². The number of thiazole rings is 1. The van der Waals surface area contributed by atoms with Gasteiger partial charge in [-0.3, -0.25) is 4.79 Å². The molecule has 23 heavy (non-hydrogen) atoms. The van der Waals surface area contributed by atoms with Crippen LogP contribution in [0.25, 0.3) is 11.3 Å². The predicted octanol–water partition coefficient (Wildman–Crippen LogP) is 3.83. The van der Waals surface area contributed by atoms with Crippen LogP contribution in [0.2, 0.25) is 5.15 Å². The Hall–Kier alpha value is -2.51. The third kappa shape index (κ3) is 3.46. The Labute approximate surface area is 140 Å². The molecule has 0 unspecified atom stereocenters. The van der Waals surface area contributed by atoms with Crippen molar-refractivity contribution in [3.05, 3.63) is 58.4 Å². The number of carbonyl (C=O) groups excluding carboxylic acids is 1. The van der Waals surface area contributed by atoms with E-state index in [4.69, 9.17) is 17.3 Å².